The van der Waals surface area contributed by atoms with Crippen LogP contribution < -0.4 is 4.57 Å². The number of aryl methyl sites for hydroxylation is 1. The molecule has 0 saturated carbocycles. The zero-order valence-corrected chi connectivity index (χ0v) is 24.6. The molecule has 35 heavy (non-hydrogen) atoms. The molecule has 0 aliphatic rings. The van der Waals surface area contributed by atoms with Crippen LogP contribution in [-0.2, 0) is 28.7 Å². The van der Waals surface area contributed by atoms with Gasteiger partial charge < -0.3 is 0 Å². The molecule has 2 aromatic carbocycles. The molecule has 1 aromatic heterocycles. The maximum Gasteiger partial charge on any atom is 0.176 e. The first-order chi connectivity index (χ1) is 15.7. The zero-order chi connectivity index (χ0) is 26.6. The summed E-state index contributed by atoms with van der Waals surface area (Å²) in [7, 11) is 2.14. The van der Waals surface area contributed by atoms with Gasteiger partial charge in [-0.05, 0) is 61.1 Å². The highest BCUT2D eigenvalue weighted by atomic mass is 14.9. The van der Waals surface area contributed by atoms with E-state index in [4.69, 9.17) is 0 Å². The van der Waals surface area contributed by atoms with Crippen LogP contribution in [0, 0.1) is 0 Å². The average molecular weight is 471 g/mol. The number of pyridine rings is 1. The summed E-state index contributed by atoms with van der Waals surface area (Å²) < 4.78 is 2.21. The lowest BCUT2D eigenvalue weighted by Gasteiger charge is -2.26. The summed E-state index contributed by atoms with van der Waals surface area (Å²) in [6, 6.07) is 16.7. The molecule has 1 nitrogen and oxygen atoms in total. The molecule has 0 spiro atoms. The highest BCUT2D eigenvalue weighted by Crippen LogP contribution is 2.37. The Balaban J connectivity index is 2.27. The zero-order valence-electron chi connectivity index (χ0n) is 24.6. The van der Waals surface area contributed by atoms with E-state index in [2.05, 4.69) is 150 Å². The van der Waals surface area contributed by atoms with Gasteiger partial charge in [0.1, 0.15) is 7.05 Å². The summed E-state index contributed by atoms with van der Waals surface area (Å²) >= 11 is 0. The van der Waals surface area contributed by atoms with Crippen LogP contribution in [0.1, 0.15) is 105 Å². The number of aromatic nitrogens is 1. The summed E-state index contributed by atoms with van der Waals surface area (Å²) in [5.74, 6) is 0. The Kier molecular flexibility index (Phi) is 6.92. The predicted octanol–water partition coefficient (Wildman–Crippen LogP) is 9.04. The van der Waals surface area contributed by atoms with Gasteiger partial charge in [-0.1, -0.05) is 119 Å². The highest BCUT2D eigenvalue weighted by Gasteiger charge is 2.24. The third kappa shape index (κ3) is 6.43. The van der Waals surface area contributed by atoms with Crippen molar-refractivity contribution < 1.29 is 4.57 Å². The minimum absolute atomic E-state index is 0.0957. The standard InChI is InChI=1S/C34H48N/c1-31(2,3)27-15-23(16-28(19-27)32(4,5)6)25-14-26(22-35(13)21-25)24-17-29(33(7,8)9)20-30(18-24)34(10,11)12/h14-22H,1-13H3/q+1. The van der Waals surface area contributed by atoms with Crippen molar-refractivity contribution in [1.29, 1.82) is 0 Å². The van der Waals surface area contributed by atoms with E-state index in [0.717, 1.165) is 0 Å². The van der Waals surface area contributed by atoms with Gasteiger partial charge in [-0.3, -0.25) is 0 Å². The molecule has 0 amide bonds. The molecule has 3 aromatic rings. The van der Waals surface area contributed by atoms with Gasteiger partial charge in [0.15, 0.2) is 12.4 Å². The van der Waals surface area contributed by atoms with E-state index >= 15 is 0 Å². The van der Waals surface area contributed by atoms with E-state index in [1.807, 2.05) is 0 Å². The lowest BCUT2D eigenvalue weighted by molar-refractivity contribution is -0.670. The van der Waals surface area contributed by atoms with Crippen molar-refractivity contribution in [2.24, 2.45) is 7.05 Å². The molecule has 0 saturated heterocycles. The summed E-state index contributed by atoms with van der Waals surface area (Å²) in [6.07, 6.45) is 4.52. The molecule has 3 rings (SSSR count). The minimum Gasteiger partial charge on any atom is -0.207 e. The second-order valence-corrected chi connectivity index (χ2v) is 14.6. The Labute approximate surface area is 215 Å². The van der Waals surface area contributed by atoms with E-state index in [1.54, 1.807) is 0 Å². The van der Waals surface area contributed by atoms with Gasteiger partial charge in [0.25, 0.3) is 0 Å². The fourth-order valence-corrected chi connectivity index (χ4v) is 4.35. The van der Waals surface area contributed by atoms with Gasteiger partial charge in [-0.2, -0.15) is 0 Å². The average Bonchev–Trinajstić information content (AvgIpc) is 2.70. The lowest BCUT2D eigenvalue weighted by Crippen LogP contribution is -2.27. The van der Waals surface area contributed by atoms with Crippen molar-refractivity contribution in [3.05, 3.63) is 77.1 Å². The highest BCUT2D eigenvalue weighted by molar-refractivity contribution is 5.73. The molecular formula is C34H48N+. The van der Waals surface area contributed by atoms with E-state index in [0.29, 0.717) is 0 Å². The molecule has 1 heteroatoms. The van der Waals surface area contributed by atoms with Gasteiger partial charge in [-0.25, -0.2) is 4.57 Å². The Morgan fingerprint density at radius 2 is 0.629 bits per heavy atom. The van der Waals surface area contributed by atoms with Crippen molar-refractivity contribution in [3.63, 3.8) is 0 Å². The molecule has 0 fully saturated rings. The Hall–Kier alpha value is -2.41. The van der Waals surface area contributed by atoms with E-state index in [-0.39, 0.29) is 21.7 Å². The molecule has 0 unspecified atom stereocenters. The van der Waals surface area contributed by atoms with Gasteiger partial charge in [0.2, 0.25) is 0 Å². The lowest BCUT2D eigenvalue weighted by atomic mass is 9.78. The normalized spacial score (nSPS) is 13.3. The smallest absolute Gasteiger partial charge is 0.176 e. The number of nitrogens with zero attached hydrogens (tertiary/aromatic N) is 1. The SMILES string of the molecule is C[n+]1cc(-c2cc(C(C)(C)C)cc(C(C)(C)C)c2)cc(-c2cc(C(C)(C)C)cc(C(C)(C)C)c2)c1. The summed E-state index contributed by atoms with van der Waals surface area (Å²) in [6.45, 7) is 27.7. The predicted molar refractivity (Wildman–Crippen MR) is 153 cm³/mol. The largest absolute Gasteiger partial charge is 0.207 e. The maximum absolute atomic E-state index is 2.40. The molecule has 0 aliphatic heterocycles. The molecule has 0 aliphatic carbocycles. The third-order valence-corrected chi connectivity index (χ3v) is 6.99. The maximum atomic E-state index is 2.40. The summed E-state index contributed by atoms with van der Waals surface area (Å²) in [4.78, 5) is 0. The van der Waals surface area contributed by atoms with E-state index < -0.39 is 0 Å². The molecule has 0 bridgehead atoms. The van der Waals surface area contributed by atoms with Gasteiger partial charge in [0.05, 0.1) is 0 Å². The second-order valence-electron chi connectivity index (χ2n) is 14.6. The topological polar surface area (TPSA) is 3.88 Å². The van der Waals surface area contributed by atoms with Gasteiger partial charge >= 0.3 is 0 Å². The first kappa shape index (κ1) is 27.2. The van der Waals surface area contributed by atoms with Crippen LogP contribution in [0.15, 0.2) is 54.9 Å². The minimum atomic E-state index is 0.0957. The quantitative estimate of drug-likeness (QED) is 0.329. The Bertz CT molecular complexity index is 1060. The van der Waals surface area contributed by atoms with Crippen molar-refractivity contribution in [1.82, 2.24) is 0 Å². The number of hydrogen-bond acceptors (Lipinski definition) is 0. The second kappa shape index (κ2) is 8.91. The third-order valence-electron chi connectivity index (χ3n) is 6.99. The van der Waals surface area contributed by atoms with Crippen LogP contribution in [0.4, 0.5) is 0 Å². The van der Waals surface area contributed by atoms with Crippen LogP contribution in [0.3, 0.4) is 0 Å². The monoisotopic (exact) mass is 470 g/mol. The fourth-order valence-electron chi connectivity index (χ4n) is 4.35. The van der Waals surface area contributed by atoms with Crippen molar-refractivity contribution in [2.75, 3.05) is 0 Å². The van der Waals surface area contributed by atoms with Gasteiger partial charge in [0, 0.05) is 11.1 Å². The van der Waals surface area contributed by atoms with Crippen molar-refractivity contribution >= 4 is 0 Å². The van der Waals surface area contributed by atoms with Crippen molar-refractivity contribution in [3.8, 4) is 22.3 Å². The van der Waals surface area contributed by atoms with Crippen LogP contribution >= 0.6 is 0 Å². The van der Waals surface area contributed by atoms with Crippen LogP contribution in [0.5, 0.6) is 0 Å². The number of hydrogen-bond donors (Lipinski definition) is 0. The Morgan fingerprint density at radius 3 is 0.857 bits per heavy atom. The number of rotatable bonds is 2. The van der Waals surface area contributed by atoms with Crippen molar-refractivity contribution in [2.45, 2.75) is 105 Å². The number of benzene rings is 2. The first-order valence-electron chi connectivity index (χ1n) is 13.1. The van der Waals surface area contributed by atoms with Crippen LogP contribution in [-0.4, -0.2) is 0 Å². The van der Waals surface area contributed by atoms with Gasteiger partial charge in [-0.15, -0.1) is 0 Å². The molecule has 188 valence electrons. The fraction of sp³-hybridized carbons (Fsp3) is 0.500. The summed E-state index contributed by atoms with van der Waals surface area (Å²) in [5.41, 5.74) is 11.0. The summed E-state index contributed by atoms with van der Waals surface area (Å²) in [5, 5.41) is 0. The van der Waals surface area contributed by atoms with Crippen LogP contribution in [0.25, 0.3) is 22.3 Å². The van der Waals surface area contributed by atoms with E-state index in [9.17, 15) is 0 Å². The van der Waals surface area contributed by atoms with E-state index in [1.165, 1.54) is 44.5 Å². The first-order valence-corrected chi connectivity index (χ1v) is 13.1. The molecule has 0 radical (unpaired) electrons. The molecular weight excluding hydrogens is 422 g/mol. The molecule has 0 atom stereocenters. The Morgan fingerprint density at radius 1 is 0.371 bits per heavy atom. The molecule has 1 heterocycles. The van der Waals surface area contributed by atoms with Crippen LogP contribution in [0.2, 0.25) is 0 Å². The molecule has 0 N–H and O–H groups in total.